The summed E-state index contributed by atoms with van der Waals surface area (Å²) in [6.45, 7) is 0.966. The van der Waals surface area contributed by atoms with Crippen LogP contribution in [0.4, 0.5) is 5.69 Å². The fourth-order valence-corrected chi connectivity index (χ4v) is 2.43. The Hall–Kier alpha value is -1.32. The average Bonchev–Trinajstić information content (AvgIpc) is 2.30. The number of rotatable bonds is 4. The fourth-order valence-electron chi connectivity index (χ4n) is 1.08. The summed E-state index contributed by atoms with van der Waals surface area (Å²) < 4.78 is 47.5. The van der Waals surface area contributed by atoms with E-state index >= 15 is 0 Å². The molecule has 0 fully saturated rings. The number of nitrogens with one attached hydrogen (secondary N) is 1. The van der Waals surface area contributed by atoms with Crippen LogP contribution < -0.4 is 9.67 Å². The third kappa shape index (κ3) is 8.53. The molecular formula is C10H16AsNO8S. The van der Waals surface area contributed by atoms with Crippen molar-refractivity contribution >= 4 is 40.8 Å². The second-order valence-corrected chi connectivity index (χ2v) is 8.19. The van der Waals surface area contributed by atoms with Crippen LogP contribution in [0.5, 0.6) is 5.75 Å². The number of hydrogen-bond donors (Lipinski definition) is 6. The van der Waals surface area contributed by atoms with E-state index in [1.165, 1.54) is 6.92 Å². The number of aliphatic hydroxyl groups excluding tert-OH is 1. The zero-order chi connectivity index (χ0) is 16.6. The maximum atomic E-state index is 10.9. The van der Waals surface area contributed by atoms with Gasteiger partial charge in [-0.25, -0.2) is 8.42 Å². The van der Waals surface area contributed by atoms with Crippen LogP contribution in [0.15, 0.2) is 18.2 Å². The van der Waals surface area contributed by atoms with Gasteiger partial charge in [-0.2, -0.15) is 0 Å². The predicted octanol–water partition coefficient (Wildman–Crippen LogP) is -2.50. The summed E-state index contributed by atoms with van der Waals surface area (Å²) in [6.07, 6.45) is 0. The summed E-state index contributed by atoms with van der Waals surface area (Å²) >= 11 is -4.98. The zero-order valence-electron chi connectivity index (χ0n) is 11.0. The molecular weight excluding hydrogens is 369 g/mol. The molecule has 1 rings (SSSR count). The Bertz CT molecular complexity index is 601. The SMILES string of the molecule is CC(=O)Nc1cc([As](=O)(O)O)ccc1O.O=[SH](=O)CCO. The van der Waals surface area contributed by atoms with Crippen molar-refractivity contribution < 1.29 is 35.4 Å². The van der Waals surface area contributed by atoms with Crippen LogP contribution in [0, 0.1) is 0 Å². The number of phenolic OH excluding ortho intramolecular Hbond substituents is 1. The molecule has 11 heteroatoms. The molecule has 0 aromatic heterocycles. The number of thiol groups is 1. The van der Waals surface area contributed by atoms with E-state index in [0.29, 0.717) is 0 Å². The number of aromatic hydroxyl groups is 1. The maximum absolute atomic E-state index is 10.9. The van der Waals surface area contributed by atoms with Crippen molar-refractivity contribution in [3.8, 4) is 5.75 Å². The van der Waals surface area contributed by atoms with Crippen molar-refractivity contribution in [1.82, 2.24) is 0 Å². The first kappa shape index (κ1) is 19.7. The molecule has 0 unspecified atom stereocenters. The van der Waals surface area contributed by atoms with Gasteiger partial charge in [-0.05, 0) is 0 Å². The Morgan fingerprint density at radius 1 is 1.33 bits per heavy atom. The van der Waals surface area contributed by atoms with E-state index in [1.807, 2.05) is 0 Å². The Labute approximate surface area is 125 Å². The minimum atomic E-state index is -4.98. The van der Waals surface area contributed by atoms with Crippen molar-refractivity contribution in [3.63, 3.8) is 0 Å². The van der Waals surface area contributed by atoms with E-state index in [9.17, 15) is 22.1 Å². The Morgan fingerprint density at radius 2 is 1.90 bits per heavy atom. The molecule has 1 aromatic rings. The van der Waals surface area contributed by atoms with E-state index in [1.54, 1.807) is 0 Å². The van der Waals surface area contributed by atoms with Crippen molar-refractivity contribution in [2.24, 2.45) is 0 Å². The molecule has 9 nitrogen and oxygen atoms in total. The number of hydrogen-bond acceptors (Lipinski definition) is 6. The van der Waals surface area contributed by atoms with Crippen molar-refractivity contribution in [2.45, 2.75) is 6.92 Å². The molecule has 0 aliphatic heterocycles. The van der Waals surface area contributed by atoms with Gasteiger partial charge >= 0.3 is 88.1 Å². The topological polar surface area (TPSA) is 161 Å². The monoisotopic (exact) mass is 385 g/mol. The number of carbonyl (C=O) groups is 1. The number of phenols is 1. The number of aliphatic hydroxyl groups is 1. The molecule has 0 aliphatic carbocycles. The minimum absolute atomic E-state index is 0.00951. The van der Waals surface area contributed by atoms with Gasteiger partial charge < -0.3 is 5.11 Å². The van der Waals surface area contributed by atoms with Crippen LogP contribution >= 0.6 is 0 Å². The molecule has 0 heterocycles. The molecule has 0 spiro atoms. The summed E-state index contributed by atoms with van der Waals surface area (Å²) in [5.41, 5.74) is -0.00951. The quantitative estimate of drug-likeness (QED) is 0.188. The number of carbonyl (C=O) groups excluding carboxylic acids is 1. The van der Waals surface area contributed by atoms with E-state index in [0.717, 1.165) is 18.2 Å². The van der Waals surface area contributed by atoms with Crippen molar-refractivity contribution in [2.75, 3.05) is 17.7 Å². The van der Waals surface area contributed by atoms with Crippen LogP contribution in [0.25, 0.3) is 0 Å². The van der Waals surface area contributed by atoms with E-state index in [4.69, 9.17) is 13.3 Å². The summed E-state index contributed by atoms with van der Waals surface area (Å²) in [4.78, 5) is 10.7. The molecule has 1 aromatic carbocycles. The van der Waals surface area contributed by atoms with Crippen molar-refractivity contribution in [1.29, 1.82) is 0 Å². The van der Waals surface area contributed by atoms with E-state index in [-0.39, 0.29) is 28.1 Å². The molecule has 0 bridgehead atoms. The van der Waals surface area contributed by atoms with Gasteiger partial charge in [0.15, 0.2) is 0 Å². The molecule has 21 heavy (non-hydrogen) atoms. The maximum Gasteiger partial charge on any atom is 0.142 e. The second kappa shape index (κ2) is 8.85. The largest absolute Gasteiger partial charge is 0.395 e. The smallest absolute Gasteiger partial charge is 0.142 e. The zero-order valence-corrected chi connectivity index (χ0v) is 13.7. The third-order valence-electron chi connectivity index (χ3n) is 1.91. The first-order chi connectivity index (χ1) is 9.57. The molecule has 120 valence electrons. The molecule has 5 N–H and O–H groups in total. The van der Waals surface area contributed by atoms with Crippen LogP contribution in [0.2, 0.25) is 0 Å². The summed E-state index contributed by atoms with van der Waals surface area (Å²) in [5, 5.41) is 19.4. The Kier molecular flexibility index (Phi) is 8.30. The van der Waals surface area contributed by atoms with Gasteiger partial charge in [0, 0.05) is 0 Å². The van der Waals surface area contributed by atoms with Crippen LogP contribution in [-0.4, -0.2) is 59.3 Å². The van der Waals surface area contributed by atoms with Gasteiger partial charge in [0.05, 0.1) is 12.4 Å². The summed E-state index contributed by atoms with van der Waals surface area (Å²) in [5.74, 6) is -0.784. The van der Waals surface area contributed by atoms with E-state index < -0.39 is 30.8 Å². The fraction of sp³-hybridized carbons (Fsp3) is 0.300. The first-order valence-corrected chi connectivity index (χ1v) is 10.2. The normalized spacial score (nSPS) is 10.7. The van der Waals surface area contributed by atoms with Gasteiger partial charge in [0.1, 0.15) is 10.7 Å². The standard InChI is InChI=1S/C8H10AsNO5.C2H6O3S/c1-5(11)10-7-4-6(9(13,14)15)2-3-8(7)12;3-1-2-6(4)5/h2-4,12H,1H3,(H,10,11)(H2,13,14,15);3,6H,1-2H2. The van der Waals surface area contributed by atoms with Crippen LogP contribution in [-0.2, 0) is 19.2 Å². The summed E-state index contributed by atoms with van der Waals surface area (Å²) in [7, 11) is -2.35. The van der Waals surface area contributed by atoms with Crippen LogP contribution in [0.1, 0.15) is 6.92 Å². The Morgan fingerprint density at radius 3 is 2.24 bits per heavy atom. The molecule has 1 amide bonds. The number of anilines is 1. The number of amides is 1. The molecule has 0 saturated carbocycles. The Balaban J connectivity index is 0.000000567. The van der Waals surface area contributed by atoms with Crippen LogP contribution in [0.3, 0.4) is 0 Å². The van der Waals surface area contributed by atoms with Gasteiger partial charge in [-0.1, -0.05) is 0 Å². The van der Waals surface area contributed by atoms with Gasteiger partial charge in [0.25, 0.3) is 0 Å². The molecule has 0 aliphatic rings. The van der Waals surface area contributed by atoms with Gasteiger partial charge in [0.2, 0.25) is 0 Å². The minimum Gasteiger partial charge on any atom is -0.395 e. The average molecular weight is 385 g/mol. The van der Waals surface area contributed by atoms with E-state index in [2.05, 4.69) is 5.32 Å². The molecule has 0 radical (unpaired) electrons. The first-order valence-electron chi connectivity index (χ1n) is 5.47. The van der Waals surface area contributed by atoms with Gasteiger partial charge in [-0.3, -0.25) is 0 Å². The predicted molar refractivity (Wildman–Crippen MR) is 75.2 cm³/mol. The van der Waals surface area contributed by atoms with Crippen molar-refractivity contribution in [3.05, 3.63) is 18.2 Å². The van der Waals surface area contributed by atoms with Gasteiger partial charge in [-0.15, -0.1) is 0 Å². The third-order valence-corrected chi connectivity index (χ3v) is 4.47. The molecule has 0 saturated heterocycles. The molecule has 0 atom stereocenters. The summed E-state index contributed by atoms with van der Waals surface area (Å²) in [6, 6.07) is 3.32. The second-order valence-electron chi connectivity index (χ2n) is 3.71. The number of benzene rings is 1.